The molecule has 3 heterocycles. The van der Waals surface area contributed by atoms with Crippen molar-refractivity contribution in [2.24, 2.45) is 68.0 Å². The number of aliphatic hydroxyl groups excluding tert-OH is 6. The molecule has 0 radical (unpaired) electrons. The van der Waals surface area contributed by atoms with Crippen LogP contribution in [0, 0.1) is 68.0 Å². The third-order valence-electron chi connectivity index (χ3n) is 37.0. The fraction of sp³-hybridized carbons (Fsp3) is 0.530. The zero-order chi connectivity index (χ0) is 105. The Morgan fingerprint density at radius 2 is 0.781 bits per heavy atom. The largest absolute Gasteiger partial charge is 0.495 e. The summed E-state index contributed by atoms with van der Waals surface area (Å²) in [7, 11) is 5.35. The van der Waals surface area contributed by atoms with Crippen LogP contribution < -0.4 is 29.7 Å². The number of fused-ring (bicyclic) bond motifs is 21. The lowest BCUT2D eigenvalue weighted by atomic mass is 9.44. The van der Waals surface area contributed by atoms with Crippen molar-refractivity contribution in [2.45, 2.75) is 280 Å². The Kier molecular flexibility index (Phi) is 26.9. The van der Waals surface area contributed by atoms with Crippen molar-refractivity contribution < 1.29 is 124 Å². The van der Waals surface area contributed by atoms with Crippen molar-refractivity contribution in [1.82, 2.24) is 0 Å². The van der Waals surface area contributed by atoms with E-state index in [0.29, 0.717) is 58.7 Å². The topological polar surface area (TPSA) is 317 Å². The molecule has 6 aromatic carbocycles. The van der Waals surface area contributed by atoms with Gasteiger partial charge in [0.05, 0.1) is 62.2 Å². The first-order valence-electron chi connectivity index (χ1n) is 51.2. The zero-order valence-corrected chi connectivity index (χ0v) is 85.2. The van der Waals surface area contributed by atoms with E-state index >= 15 is 26.3 Å². The van der Waals surface area contributed by atoms with Gasteiger partial charge in [-0.3, -0.25) is 24.0 Å². The molecule has 30 atom stereocenters. The van der Waals surface area contributed by atoms with E-state index in [2.05, 4.69) is 81.9 Å². The molecule has 15 aliphatic rings. The Morgan fingerprint density at radius 3 is 1.14 bits per heavy atom. The summed E-state index contributed by atoms with van der Waals surface area (Å²) in [5.41, 5.74) is -9.65. The quantitative estimate of drug-likeness (QED) is 0.0276. The van der Waals surface area contributed by atoms with Gasteiger partial charge in [-0.2, -0.15) is 0 Å². The minimum absolute atomic E-state index is 0.0380. The van der Waals surface area contributed by atoms with Crippen LogP contribution in [0.25, 0.3) is 0 Å². The molecule has 3 saturated heterocycles. The van der Waals surface area contributed by atoms with E-state index in [0.717, 1.165) is 63.0 Å². The van der Waals surface area contributed by atoms with Gasteiger partial charge in [0.25, 0.3) is 0 Å². The number of allylic oxidation sites excluding steroid dienone is 13. The molecule has 0 unspecified atom stereocenters. The number of methoxy groups -OCH3 is 2. The summed E-state index contributed by atoms with van der Waals surface area (Å²) in [5, 5.41) is 72.6. The van der Waals surface area contributed by atoms with Gasteiger partial charge in [0.1, 0.15) is 61.3 Å². The lowest BCUT2D eigenvalue weighted by Gasteiger charge is -2.63. The predicted molar refractivity (Wildman–Crippen MR) is 535 cm³/mol. The molecule has 0 spiro atoms. The van der Waals surface area contributed by atoms with Crippen molar-refractivity contribution in [3.8, 4) is 23.0 Å². The van der Waals surface area contributed by atoms with E-state index in [1.807, 2.05) is 98.0 Å². The first-order chi connectivity index (χ1) is 69.1. The minimum Gasteiger partial charge on any atom is -0.495 e. The molecule has 0 aromatic heterocycles. The SMILES string of the molecule is C=C1C=C[C@@]2(C)C(=C1)[C@@H](F)C[C@H]1[C@@H]3C[C@H]4O[C@@H](c5ccc(Oc6ccc(NC(C)C)cc6)cc5)O[C@@]4(C(=O)CO)[C@@]3(C)C[C@H](O)[C@@]12F.COc1cc(Cc2ccc([C@@H]3O[C@@H]4C[C@H]5[C@@H]6C[C@H](F)C7=CC(=O)C=C[C@]7(C)[C@@]6(F)[C@@H](O)C[C@]5(C)[C@]4(C(=O)CO)O3)cc2)ccc1N(C)C(C)C.COc1cc(Cc2ccc([C@@H]3O[C@@H]4C[C@H]5[C@@H]6C[C@H](F)C7=CC(=O)C=C[C@]7(C)[C@@]6(F)[C@@H](O)C[C@]5(C)[C@]4(C(=O)CO)O3)cc2)ccc1NC(C)C. The van der Waals surface area contributed by atoms with Gasteiger partial charge in [0.2, 0.25) is 0 Å². The number of carbonyl (C=O) groups is 5. The number of ether oxygens (including phenoxy) is 9. The third-order valence-corrected chi connectivity index (χ3v) is 37.0. The maximum Gasteiger partial charge on any atom is 0.193 e. The number of benzene rings is 6. The number of alkyl halides is 6. The van der Waals surface area contributed by atoms with Crippen LogP contribution >= 0.6 is 0 Å². The van der Waals surface area contributed by atoms with Crippen molar-refractivity contribution >= 4 is 46.0 Å². The van der Waals surface area contributed by atoms with Gasteiger partial charge in [0.15, 0.2) is 81.6 Å². The number of halogens is 6. The highest BCUT2D eigenvalue weighted by Crippen LogP contribution is 2.78. The Morgan fingerprint density at radius 1 is 0.445 bits per heavy atom. The minimum atomic E-state index is -2.30. The maximum atomic E-state index is 17.7. The average molecular weight is 2020 g/mol. The van der Waals surface area contributed by atoms with Crippen LogP contribution in [0.2, 0.25) is 0 Å². The van der Waals surface area contributed by atoms with Crippen LogP contribution in [0.5, 0.6) is 23.0 Å². The lowest BCUT2D eigenvalue weighted by molar-refractivity contribution is -0.235. The third kappa shape index (κ3) is 15.7. The van der Waals surface area contributed by atoms with Gasteiger partial charge in [0, 0.05) is 97.8 Å². The van der Waals surface area contributed by atoms with Crippen molar-refractivity contribution in [3.05, 3.63) is 256 Å². The first-order valence-corrected chi connectivity index (χ1v) is 51.2. The number of nitrogens with one attached hydrogen (secondary N) is 2. The van der Waals surface area contributed by atoms with Crippen LogP contribution in [0.3, 0.4) is 0 Å². The molecule has 21 rings (SSSR count). The number of nitrogens with zero attached hydrogens (tertiary/aromatic N) is 1. The molecule has 3 aliphatic heterocycles. The maximum absolute atomic E-state index is 17.7. The van der Waals surface area contributed by atoms with Crippen molar-refractivity contribution in [1.29, 1.82) is 0 Å². The number of anilines is 3. The van der Waals surface area contributed by atoms with Gasteiger partial charge in [-0.25, -0.2) is 26.3 Å². The monoisotopic (exact) mass is 2020 g/mol. The molecule has 146 heavy (non-hydrogen) atoms. The molecule has 0 amide bonds. The number of carbonyl (C=O) groups excluding carboxylic acids is 5. The molecule has 8 N–H and O–H groups in total. The van der Waals surface area contributed by atoms with Crippen LogP contribution in [-0.4, -0.2) is 208 Å². The number of hydrogen-bond acceptors (Lipinski definition) is 23. The van der Waals surface area contributed by atoms with Gasteiger partial charge in [-0.05, 0) is 280 Å². The number of ketones is 5. The van der Waals surface area contributed by atoms with Crippen LogP contribution in [0.1, 0.15) is 199 Å². The molecule has 12 fully saturated rings. The second kappa shape index (κ2) is 37.7. The lowest BCUT2D eigenvalue weighted by Crippen LogP contribution is -2.70. The summed E-state index contributed by atoms with van der Waals surface area (Å²) in [6, 6.07) is 43.4. The fourth-order valence-electron chi connectivity index (χ4n) is 29.7. The number of Topliss-reactive ketones (excluding diaryl/α,β-unsaturated/α-hetero) is 3. The number of rotatable bonds is 23. The second-order valence-electron chi connectivity index (χ2n) is 45.5. The smallest absolute Gasteiger partial charge is 0.193 e. The molecular weight excluding hydrogens is 1880 g/mol. The summed E-state index contributed by atoms with van der Waals surface area (Å²) < 4.78 is 157. The molecule has 6 aromatic rings. The Bertz CT molecular complexity index is 6310. The van der Waals surface area contributed by atoms with Gasteiger partial charge < -0.3 is 88.8 Å². The summed E-state index contributed by atoms with van der Waals surface area (Å²) >= 11 is 0. The van der Waals surface area contributed by atoms with E-state index in [1.165, 1.54) is 24.3 Å². The number of aliphatic hydroxyl groups is 6. The van der Waals surface area contributed by atoms with E-state index < -0.39 is 225 Å². The highest BCUT2D eigenvalue weighted by atomic mass is 19.2. The summed E-state index contributed by atoms with van der Waals surface area (Å²) in [6.45, 7) is 24.0. The highest BCUT2D eigenvalue weighted by Gasteiger charge is 2.84. The summed E-state index contributed by atoms with van der Waals surface area (Å²) in [4.78, 5) is 67.9. The van der Waals surface area contributed by atoms with E-state index in [4.69, 9.17) is 42.6 Å². The Balaban J connectivity index is 0.000000138. The molecule has 9 saturated carbocycles. The standard InChI is InChI=1S/C40H47F2NO7.C39H45F2NO7.C38H43F2NO6/c1-22(2)43(5)31-12-9-24(16-32(31)48-6)15-23-7-10-25(11-8-23)36-49-35-19-27-28-18-30(41)29-17-26(45)13-14-37(29,3)39(28,42)33(46)20-38(27,4)40(35,50-36)34(47)21-44;1-21(2)42-30-11-8-23(15-31(30)47-5)14-22-6-9-24(10-7-22)35-48-34-18-26-27-17-29(40)28-16-25(44)12-13-36(28,3)38(27,41)32(45)19-37(26,4)39(34,49-35)33(46)20-43;1-21(2)41-24-8-12-26(13-9-24)45-25-10-6-23(7-11-25)34-46-33-18-27-28-17-30(39)29-16-22(3)14-15-35(29,4)37(28,40)31(43)19-36(27,5)38(33,47-34)32(44)20-42/h7-14,16-17,22,27-28,30,33,35-36,44,46H,15,18-21H2,1-6H3;6-13,15-16,21,26-27,29,32,34-35,42-43,45H,14,17-20H2,1-5H3;6-16,21,27-28,30-31,33-34,41-43H,3,17-20H2,1-2,4-5H3/t27-,28-,30-,33-,35+,36+,37-,38-,39-,40+;26-,27-,29-,32-,34+,35+,36-,37-,38-,39+;27-,28-,30-,31-,33+,34+,35-,36-,37-,38+/m000/s1. The molecular formula is C117H135F6N3O20. The Hall–Kier alpha value is -10.3. The van der Waals surface area contributed by atoms with E-state index in [-0.39, 0.29) is 80.5 Å². The summed E-state index contributed by atoms with van der Waals surface area (Å²) in [6.07, 6.45) is -1.44. The van der Waals surface area contributed by atoms with E-state index in [9.17, 15) is 54.6 Å². The van der Waals surface area contributed by atoms with Gasteiger partial charge in [-0.1, -0.05) is 131 Å². The molecule has 0 bridgehead atoms. The van der Waals surface area contributed by atoms with Crippen LogP contribution in [-0.2, 0) is 65.2 Å². The van der Waals surface area contributed by atoms with E-state index in [1.54, 1.807) is 98.3 Å². The molecule has 23 nitrogen and oxygen atoms in total. The molecule has 29 heteroatoms. The highest BCUT2D eigenvalue weighted by molar-refractivity contribution is 6.02. The average Bonchev–Trinajstić information content (AvgIpc) is 1.35. The van der Waals surface area contributed by atoms with Gasteiger partial charge >= 0.3 is 0 Å². The van der Waals surface area contributed by atoms with Crippen molar-refractivity contribution in [2.75, 3.05) is 56.6 Å². The van der Waals surface area contributed by atoms with Crippen LogP contribution in [0.4, 0.5) is 43.4 Å². The predicted octanol–water partition coefficient (Wildman–Crippen LogP) is 18.5. The second-order valence-corrected chi connectivity index (χ2v) is 45.5. The summed E-state index contributed by atoms with van der Waals surface area (Å²) in [5.74, 6) is -4.47. The Labute approximate surface area is 848 Å². The zero-order valence-electron chi connectivity index (χ0n) is 85.2. The van der Waals surface area contributed by atoms with Crippen molar-refractivity contribution in [3.63, 3.8) is 0 Å². The fourth-order valence-corrected chi connectivity index (χ4v) is 29.7. The molecule has 780 valence electrons. The van der Waals surface area contributed by atoms with Gasteiger partial charge in [-0.15, -0.1) is 0 Å². The molecule has 12 aliphatic carbocycles. The normalized spacial score (nSPS) is 39.3. The van der Waals surface area contributed by atoms with Crippen LogP contribution in [0.15, 0.2) is 217 Å². The first kappa shape index (κ1) is 104. The number of hydrogen-bond donors (Lipinski definition) is 8.